The highest BCUT2D eigenvalue weighted by atomic mass is 32.2. The first-order chi connectivity index (χ1) is 8.16. The van der Waals surface area contributed by atoms with E-state index in [0.717, 1.165) is 5.56 Å². The predicted molar refractivity (Wildman–Crippen MR) is 67.1 cm³/mol. The third kappa shape index (κ3) is 2.94. The number of nitrogens with zero attached hydrogens (tertiary/aromatic N) is 2. The van der Waals surface area contributed by atoms with E-state index in [0.29, 0.717) is 16.6 Å². The summed E-state index contributed by atoms with van der Waals surface area (Å²) in [6, 6.07) is 9.82. The third-order valence-electron chi connectivity index (χ3n) is 2.18. The highest BCUT2D eigenvalue weighted by Gasteiger charge is 2.10. The Morgan fingerprint density at radius 2 is 1.94 bits per heavy atom. The maximum Gasteiger partial charge on any atom is 0.197 e. The fourth-order valence-electron chi connectivity index (χ4n) is 1.38. The van der Waals surface area contributed by atoms with E-state index in [1.54, 1.807) is 6.92 Å². The zero-order chi connectivity index (χ0) is 12.3. The van der Waals surface area contributed by atoms with Gasteiger partial charge >= 0.3 is 0 Å². The van der Waals surface area contributed by atoms with Gasteiger partial charge in [0.05, 0.1) is 0 Å². The highest BCUT2D eigenvalue weighted by Crippen LogP contribution is 2.25. The first-order valence-electron chi connectivity index (χ1n) is 5.13. The van der Waals surface area contributed by atoms with E-state index < -0.39 is 5.82 Å². The summed E-state index contributed by atoms with van der Waals surface area (Å²) in [6.07, 6.45) is 0. The summed E-state index contributed by atoms with van der Waals surface area (Å²) in [5.74, 6) is 0.525. The van der Waals surface area contributed by atoms with Gasteiger partial charge in [0.15, 0.2) is 11.6 Å². The van der Waals surface area contributed by atoms with Crippen LogP contribution in [0.1, 0.15) is 11.4 Å². The van der Waals surface area contributed by atoms with Crippen LogP contribution in [-0.4, -0.2) is 9.97 Å². The smallest absolute Gasteiger partial charge is 0.197 e. The molecule has 1 aromatic heterocycles. The van der Waals surface area contributed by atoms with Gasteiger partial charge in [-0.2, -0.15) is 4.39 Å². The van der Waals surface area contributed by atoms with Crippen molar-refractivity contribution in [2.45, 2.75) is 17.7 Å². The van der Waals surface area contributed by atoms with Crippen molar-refractivity contribution in [3.8, 4) is 0 Å². The molecule has 1 heterocycles. The Bertz CT molecular complexity index is 517. The molecule has 0 saturated carbocycles. The van der Waals surface area contributed by atoms with E-state index in [4.69, 9.17) is 5.73 Å². The second-order valence-corrected chi connectivity index (χ2v) is 4.51. The van der Waals surface area contributed by atoms with Crippen molar-refractivity contribution in [2.24, 2.45) is 0 Å². The topological polar surface area (TPSA) is 51.8 Å². The van der Waals surface area contributed by atoms with Gasteiger partial charge < -0.3 is 5.73 Å². The zero-order valence-corrected chi connectivity index (χ0v) is 10.2. The predicted octanol–water partition coefficient (Wildman–Crippen LogP) is 2.80. The standard InChI is InChI=1S/C12H12FN3S/c1-8-15-11(14)10(13)12(16-8)17-7-9-5-3-2-4-6-9/h2-6H,7H2,1H3,(H2,14,15,16). The molecule has 0 aliphatic rings. The minimum Gasteiger partial charge on any atom is -0.381 e. The van der Waals surface area contributed by atoms with Crippen molar-refractivity contribution in [3.05, 3.63) is 47.5 Å². The SMILES string of the molecule is Cc1nc(N)c(F)c(SCc2ccccc2)n1. The number of hydrogen-bond acceptors (Lipinski definition) is 4. The molecule has 1 aromatic carbocycles. The van der Waals surface area contributed by atoms with Crippen LogP contribution in [0.25, 0.3) is 0 Å². The maximum atomic E-state index is 13.6. The Kier molecular flexibility index (Phi) is 3.58. The minimum atomic E-state index is -0.531. The first-order valence-corrected chi connectivity index (χ1v) is 6.11. The summed E-state index contributed by atoms with van der Waals surface area (Å²) in [7, 11) is 0. The lowest BCUT2D eigenvalue weighted by atomic mass is 10.2. The van der Waals surface area contributed by atoms with E-state index in [-0.39, 0.29) is 5.82 Å². The zero-order valence-electron chi connectivity index (χ0n) is 9.35. The monoisotopic (exact) mass is 249 g/mol. The summed E-state index contributed by atoms with van der Waals surface area (Å²) < 4.78 is 13.6. The van der Waals surface area contributed by atoms with Crippen molar-refractivity contribution in [1.29, 1.82) is 0 Å². The van der Waals surface area contributed by atoms with Gasteiger partial charge in [-0.1, -0.05) is 42.1 Å². The number of thioether (sulfide) groups is 1. The molecule has 2 aromatic rings. The summed E-state index contributed by atoms with van der Waals surface area (Å²) in [5, 5.41) is 0.304. The third-order valence-corrected chi connectivity index (χ3v) is 3.20. The minimum absolute atomic E-state index is 0.0898. The van der Waals surface area contributed by atoms with Crippen LogP contribution in [-0.2, 0) is 5.75 Å². The lowest BCUT2D eigenvalue weighted by Gasteiger charge is -2.05. The van der Waals surface area contributed by atoms with Gasteiger partial charge in [-0.15, -0.1) is 0 Å². The second kappa shape index (κ2) is 5.14. The number of anilines is 1. The Labute approximate surface area is 103 Å². The van der Waals surface area contributed by atoms with Crippen molar-refractivity contribution < 1.29 is 4.39 Å². The number of aryl methyl sites for hydroxylation is 1. The van der Waals surface area contributed by atoms with Crippen LogP contribution in [0.4, 0.5) is 10.2 Å². The van der Waals surface area contributed by atoms with E-state index in [1.807, 2.05) is 30.3 Å². The summed E-state index contributed by atoms with van der Waals surface area (Å²) in [6.45, 7) is 1.70. The Hall–Kier alpha value is -1.62. The van der Waals surface area contributed by atoms with Crippen molar-refractivity contribution in [3.63, 3.8) is 0 Å². The second-order valence-electron chi connectivity index (χ2n) is 3.55. The molecule has 5 heteroatoms. The number of aromatic nitrogens is 2. The van der Waals surface area contributed by atoms with E-state index >= 15 is 0 Å². The van der Waals surface area contributed by atoms with Crippen LogP contribution in [0.3, 0.4) is 0 Å². The Balaban J connectivity index is 2.14. The molecule has 0 aliphatic carbocycles. The largest absolute Gasteiger partial charge is 0.381 e. The Morgan fingerprint density at radius 1 is 1.24 bits per heavy atom. The van der Waals surface area contributed by atoms with Gasteiger partial charge in [0.2, 0.25) is 0 Å². The molecule has 2 N–H and O–H groups in total. The van der Waals surface area contributed by atoms with Gasteiger partial charge in [-0.25, -0.2) is 9.97 Å². The van der Waals surface area contributed by atoms with E-state index in [1.165, 1.54) is 11.8 Å². The van der Waals surface area contributed by atoms with E-state index in [2.05, 4.69) is 9.97 Å². The average Bonchev–Trinajstić information content (AvgIpc) is 2.33. The molecular formula is C12H12FN3S. The molecule has 0 radical (unpaired) electrons. The highest BCUT2D eigenvalue weighted by molar-refractivity contribution is 7.98. The number of benzene rings is 1. The molecule has 88 valence electrons. The summed E-state index contributed by atoms with van der Waals surface area (Å²) in [5.41, 5.74) is 6.57. The fourth-order valence-corrected chi connectivity index (χ4v) is 2.30. The molecule has 0 spiro atoms. The fraction of sp³-hybridized carbons (Fsp3) is 0.167. The van der Waals surface area contributed by atoms with Crippen LogP contribution in [0.2, 0.25) is 0 Å². The lowest BCUT2D eigenvalue weighted by Crippen LogP contribution is -2.02. The lowest BCUT2D eigenvalue weighted by molar-refractivity contribution is 0.582. The molecular weight excluding hydrogens is 237 g/mol. The van der Waals surface area contributed by atoms with Gasteiger partial charge in [-0.3, -0.25) is 0 Å². The molecule has 0 saturated heterocycles. The Morgan fingerprint density at radius 3 is 2.65 bits per heavy atom. The van der Waals surface area contributed by atoms with Crippen molar-refractivity contribution >= 4 is 17.6 Å². The summed E-state index contributed by atoms with van der Waals surface area (Å²) >= 11 is 1.32. The van der Waals surface area contributed by atoms with Crippen LogP contribution < -0.4 is 5.73 Å². The molecule has 0 aliphatic heterocycles. The summed E-state index contributed by atoms with van der Waals surface area (Å²) in [4.78, 5) is 7.81. The number of halogens is 1. The molecule has 0 atom stereocenters. The molecule has 0 bridgehead atoms. The maximum absolute atomic E-state index is 13.6. The normalized spacial score (nSPS) is 10.5. The van der Waals surface area contributed by atoms with Crippen LogP contribution in [0, 0.1) is 12.7 Å². The molecule has 0 amide bonds. The molecule has 0 unspecified atom stereocenters. The van der Waals surface area contributed by atoms with Crippen LogP contribution in [0.15, 0.2) is 35.4 Å². The number of rotatable bonds is 3. The quantitative estimate of drug-likeness (QED) is 0.671. The number of nitrogen functional groups attached to an aromatic ring is 1. The average molecular weight is 249 g/mol. The molecule has 17 heavy (non-hydrogen) atoms. The van der Waals surface area contributed by atoms with Gasteiger partial charge in [0.1, 0.15) is 10.9 Å². The van der Waals surface area contributed by atoms with Gasteiger partial charge in [0.25, 0.3) is 0 Å². The van der Waals surface area contributed by atoms with Gasteiger partial charge in [-0.05, 0) is 12.5 Å². The number of hydrogen-bond donors (Lipinski definition) is 1. The molecule has 0 fully saturated rings. The van der Waals surface area contributed by atoms with E-state index in [9.17, 15) is 4.39 Å². The molecule has 2 rings (SSSR count). The first kappa shape index (κ1) is 11.9. The van der Waals surface area contributed by atoms with Crippen molar-refractivity contribution in [1.82, 2.24) is 9.97 Å². The van der Waals surface area contributed by atoms with Crippen LogP contribution in [0.5, 0.6) is 0 Å². The van der Waals surface area contributed by atoms with Gasteiger partial charge in [0, 0.05) is 5.75 Å². The van der Waals surface area contributed by atoms with Crippen molar-refractivity contribution in [2.75, 3.05) is 5.73 Å². The molecule has 3 nitrogen and oxygen atoms in total. The van der Waals surface area contributed by atoms with Crippen LogP contribution >= 0.6 is 11.8 Å². The number of nitrogens with two attached hydrogens (primary N) is 1.